The van der Waals surface area contributed by atoms with E-state index in [1.54, 1.807) is 0 Å². The number of ether oxygens (including phenoxy) is 1. The maximum absolute atomic E-state index is 4.50. The molecule has 0 bridgehead atoms. The second-order valence-corrected chi connectivity index (χ2v) is 0.612. The molecule has 3 heteroatoms. The molecule has 1 fully saturated rings. The number of rotatable bonds is 0. The zero-order valence-electron chi connectivity index (χ0n) is 2.23. The molecule has 28 valence electrons. The van der Waals surface area contributed by atoms with E-state index in [1.165, 1.54) is 0 Å². The summed E-state index contributed by atoms with van der Waals surface area (Å²) in [6.07, 6.45) is 0. The van der Waals surface area contributed by atoms with Crippen LogP contribution in [0.2, 0.25) is 0 Å². The van der Waals surface area contributed by atoms with Gasteiger partial charge in [0, 0.05) is 17.1 Å². The Morgan fingerprint density at radius 3 is 1.40 bits per heavy atom. The molecule has 0 aromatic carbocycles. The van der Waals surface area contributed by atoms with Gasteiger partial charge in [0.25, 0.3) is 0 Å². The van der Waals surface area contributed by atoms with Crippen LogP contribution in [0.3, 0.4) is 0 Å². The van der Waals surface area contributed by atoms with Gasteiger partial charge in [-0.3, -0.25) is 0 Å². The molecule has 0 unspecified atom stereocenters. The molecule has 1 heterocycles. The van der Waals surface area contributed by atoms with E-state index < -0.39 is 0 Å². The van der Waals surface area contributed by atoms with Crippen LogP contribution >= 0.6 is 0 Å². The molecule has 0 aliphatic carbocycles. The minimum absolute atomic E-state index is 0. The van der Waals surface area contributed by atoms with Crippen LogP contribution in [0.15, 0.2) is 0 Å². The van der Waals surface area contributed by atoms with Crippen molar-refractivity contribution in [2.75, 3.05) is 13.2 Å². The molecule has 2 radical (unpaired) electrons. The van der Waals surface area contributed by atoms with Crippen LogP contribution in [-0.4, -0.2) is 79.2 Å². The normalized spacial score (nSPS) is 14.4. The second kappa shape index (κ2) is 6.05. The third-order valence-electron chi connectivity index (χ3n) is 0.204. The van der Waals surface area contributed by atoms with E-state index in [9.17, 15) is 0 Å². The number of hydrogen-bond donors (Lipinski definition) is 0. The van der Waals surface area contributed by atoms with Crippen molar-refractivity contribution in [2.45, 2.75) is 0 Å². The molecule has 1 nitrogen and oxygen atoms in total. The van der Waals surface area contributed by atoms with Crippen LogP contribution in [0.25, 0.3) is 0 Å². The average molecular weight is 262 g/mol. The summed E-state index contributed by atoms with van der Waals surface area (Å²) in [7, 11) is 0. The van der Waals surface area contributed by atoms with Gasteiger partial charge in [0.05, 0.1) is 13.2 Å². The third-order valence-corrected chi connectivity index (χ3v) is 0.204. The first-order chi connectivity index (χ1) is 1.50. The van der Waals surface area contributed by atoms with Gasteiger partial charge in [-0.1, -0.05) is 0 Å². The van der Waals surface area contributed by atoms with Gasteiger partial charge in [-0.25, -0.2) is 0 Å². The fourth-order valence-electron chi connectivity index (χ4n) is 0. The molecule has 0 spiro atoms. The summed E-state index contributed by atoms with van der Waals surface area (Å²) in [4.78, 5) is 0. The van der Waals surface area contributed by atoms with E-state index in [2.05, 4.69) is 4.74 Å². The Balaban J connectivity index is 0. The van der Waals surface area contributed by atoms with Crippen LogP contribution in [0.4, 0.5) is 0 Å². The van der Waals surface area contributed by atoms with Crippen LogP contribution in [0, 0.1) is 0 Å². The van der Waals surface area contributed by atoms with Crippen molar-refractivity contribution in [3.05, 3.63) is 0 Å². The summed E-state index contributed by atoms with van der Waals surface area (Å²) in [6, 6.07) is 0. The van der Waals surface area contributed by atoms with E-state index in [1.807, 2.05) is 0 Å². The Labute approximate surface area is 82.4 Å². The van der Waals surface area contributed by atoms with Crippen molar-refractivity contribution >= 4 is 65.9 Å². The van der Waals surface area contributed by atoms with Gasteiger partial charge in [0.1, 0.15) is 0 Å². The van der Waals surface area contributed by atoms with E-state index in [0.717, 1.165) is 13.2 Å². The Morgan fingerprint density at radius 1 is 1.20 bits per heavy atom. The Kier molecular flexibility index (Phi) is 12.2. The summed E-state index contributed by atoms with van der Waals surface area (Å²) in [6.45, 7) is 2.00. The van der Waals surface area contributed by atoms with Crippen molar-refractivity contribution in [2.24, 2.45) is 0 Å². The Bertz CT molecular complexity index is 14.4. The van der Waals surface area contributed by atoms with Gasteiger partial charge in [-0.05, 0) is 0 Å². The van der Waals surface area contributed by atoms with Crippen molar-refractivity contribution in [1.82, 2.24) is 0 Å². The minimum Gasteiger partial charge on any atom is 0 e. The van der Waals surface area contributed by atoms with E-state index in [-0.39, 0.29) is 65.9 Å². The van der Waals surface area contributed by atoms with Gasteiger partial charge in [0.2, 0.25) is 0 Å². The first-order valence-corrected chi connectivity index (χ1v) is 1.08. The SMILES string of the molecule is C1CO1.[BaH2].[Se]. The predicted octanol–water partition coefficient (Wildman–Crippen LogP) is -1.28. The van der Waals surface area contributed by atoms with Crippen molar-refractivity contribution in [1.29, 1.82) is 0 Å². The molecule has 0 N–H and O–H groups in total. The fourth-order valence-corrected chi connectivity index (χ4v) is 0. The summed E-state index contributed by atoms with van der Waals surface area (Å²) in [5.74, 6) is 0. The predicted molar refractivity (Wildman–Crippen MR) is 25.1 cm³/mol. The summed E-state index contributed by atoms with van der Waals surface area (Å²) in [5, 5.41) is 0. The number of epoxide rings is 1. The molecule has 1 rings (SSSR count). The van der Waals surface area contributed by atoms with Crippen LogP contribution in [0.5, 0.6) is 0 Å². The first-order valence-electron chi connectivity index (χ1n) is 1.08. The van der Waals surface area contributed by atoms with Crippen molar-refractivity contribution in [3.63, 3.8) is 0 Å². The van der Waals surface area contributed by atoms with Crippen molar-refractivity contribution in [3.8, 4) is 0 Å². The zero-order chi connectivity index (χ0) is 2.12. The van der Waals surface area contributed by atoms with Crippen molar-refractivity contribution < 1.29 is 4.74 Å². The molecular weight excluding hydrogens is 256 g/mol. The molecule has 0 aromatic rings. The molecule has 1 aliphatic heterocycles. The molecule has 0 aromatic heterocycles. The Morgan fingerprint density at radius 2 is 1.40 bits per heavy atom. The third kappa shape index (κ3) is 10.7. The molecule has 0 amide bonds. The molecule has 1 aliphatic rings. The second-order valence-electron chi connectivity index (χ2n) is 0.612. The smallest absolute Gasteiger partial charge is 0 e. The average Bonchev–Trinajstić information content (AvgIpc) is 1.46. The number of hydrogen-bond acceptors (Lipinski definition) is 1. The van der Waals surface area contributed by atoms with Gasteiger partial charge >= 0.3 is 48.9 Å². The standard InChI is InChI=1S/C2H4O.Ba.Se.2H/c1-2-3-1;;;;/h1-2H2;;;;. The largest absolute Gasteiger partial charge is 0 e. The fraction of sp³-hybridized carbons (Fsp3) is 1.00. The molecule has 5 heavy (non-hydrogen) atoms. The van der Waals surface area contributed by atoms with E-state index in [0.29, 0.717) is 0 Å². The maximum atomic E-state index is 4.50. The maximum Gasteiger partial charge on any atom is 0 e. The van der Waals surface area contributed by atoms with E-state index in [4.69, 9.17) is 0 Å². The quantitative estimate of drug-likeness (QED) is 0.391. The molecule has 0 saturated carbocycles. The van der Waals surface area contributed by atoms with Gasteiger partial charge < -0.3 is 4.74 Å². The van der Waals surface area contributed by atoms with Crippen LogP contribution in [-0.2, 0) is 4.74 Å². The van der Waals surface area contributed by atoms with Gasteiger partial charge in [-0.2, -0.15) is 0 Å². The summed E-state index contributed by atoms with van der Waals surface area (Å²) < 4.78 is 4.50. The summed E-state index contributed by atoms with van der Waals surface area (Å²) in [5.41, 5.74) is 0. The summed E-state index contributed by atoms with van der Waals surface area (Å²) >= 11 is 0. The van der Waals surface area contributed by atoms with Gasteiger partial charge in [0.15, 0.2) is 0 Å². The molecular formula is C2H6BaOSe. The monoisotopic (exact) mass is 264 g/mol. The Hall–Kier alpha value is 2.05. The van der Waals surface area contributed by atoms with E-state index >= 15 is 0 Å². The topological polar surface area (TPSA) is 12.5 Å². The van der Waals surface area contributed by atoms with Crippen LogP contribution < -0.4 is 0 Å². The molecule has 1 saturated heterocycles. The van der Waals surface area contributed by atoms with Gasteiger partial charge in [-0.15, -0.1) is 0 Å². The first kappa shape index (κ1) is 10.1. The molecule has 0 atom stereocenters. The zero-order valence-corrected chi connectivity index (χ0v) is 3.94. The minimum atomic E-state index is 0. The van der Waals surface area contributed by atoms with Crippen LogP contribution in [0.1, 0.15) is 0 Å².